The Balaban J connectivity index is 0.000000218. The lowest BCUT2D eigenvalue weighted by atomic mass is 10.1. The van der Waals surface area contributed by atoms with Crippen LogP contribution in [0.3, 0.4) is 0 Å². The smallest absolute Gasteiger partial charge is 0.354 e. The summed E-state index contributed by atoms with van der Waals surface area (Å²) < 4.78 is 64.8. The summed E-state index contributed by atoms with van der Waals surface area (Å²) in [7, 11) is 0. The van der Waals surface area contributed by atoms with Crippen LogP contribution in [0.5, 0.6) is 0 Å². The van der Waals surface area contributed by atoms with Crippen LogP contribution in [-0.2, 0) is 58.8 Å². The quantitative estimate of drug-likeness (QED) is 0.0234. The van der Waals surface area contributed by atoms with Crippen LogP contribution in [0.15, 0.2) is 208 Å². The fraction of sp³-hybridized carbons (Fsp3) is 0.333. The molecule has 726 valence electrons. The van der Waals surface area contributed by atoms with Crippen LogP contribution >= 0.6 is 130 Å². The number of aryl methyl sites for hydroxylation is 14. The second-order valence-corrected chi connectivity index (χ2v) is 37.9. The highest BCUT2D eigenvalue weighted by atomic mass is 35.5. The van der Waals surface area contributed by atoms with E-state index in [4.69, 9.17) is 23.2 Å². The minimum absolute atomic E-state index is 0. The number of anilines is 1. The van der Waals surface area contributed by atoms with Crippen LogP contribution in [0.1, 0.15) is 150 Å². The van der Waals surface area contributed by atoms with Crippen molar-refractivity contribution in [1.82, 2.24) is 115 Å². The van der Waals surface area contributed by atoms with E-state index in [0.717, 1.165) is 198 Å². The van der Waals surface area contributed by atoms with E-state index in [0.29, 0.717) is 55.3 Å². The lowest BCUT2D eigenvalue weighted by molar-refractivity contribution is -0.138. The number of thioether (sulfide) groups is 7. The number of piperazine rings is 1. The standard InChI is InChI=1S/C17H23N5OS.2C14H17N3S.C13H12ClF2N3OS.C13H14ClN3S.C12H10F3N3OS.C10H10N4OS.2ClH/c1-3-21-6-8-22(9-7-21)15-5-4-14(11-18-15)12-24-17-19-13(2)10-16(23)20-17;1-9-5-6-15-12(4)13(9)8-18-14-16-10(2)7-11(3)17-14;1-4-12-6-13(8-15-7-12)9-18-14-16-10(2)5-11(3)17-14;1-7-4-17-5-9(14)8(7)6-21-12-18-10(13(2,15)16)3-11(20)19-12;1-8-5-15-6-12(14)11(8)7-18-13-16-9(2)4-10(3)17-13;1-7-4-10(19)18-11(17-7)20-6-8-2-3-16-5-9(8)12(13,14)15;1-7-5-9(15)14-10(13-7)16-6-8-11-3-2-4-12-8;;/h4-5,10-11H,3,6-9,12H2,1-2H3,(H,19,20,23);5-7H,8H2,1-4H3;5-8H,4,9H2,1-3H3;3-5H,6H2,1-2H3,(H,18,19,20);4-6H,7H2,1-3H3;2-5H,6H2,1H3,(H,17,18,19);2-5H,6H2,1H3,(H,13,14,15);2*1H. The van der Waals surface area contributed by atoms with Gasteiger partial charge >= 0.3 is 6.18 Å². The molecular weight excluding hydrogens is 1980 g/mol. The minimum Gasteiger partial charge on any atom is -0.354 e. The van der Waals surface area contributed by atoms with Gasteiger partial charge in [0.15, 0.2) is 36.1 Å². The van der Waals surface area contributed by atoms with E-state index < -0.39 is 28.9 Å². The predicted octanol–water partition coefficient (Wildman–Crippen LogP) is 20.7. The molecule has 0 amide bonds. The Hall–Kier alpha value is -10.2. The molecule has 0 aliphatic carbocycles. The number of H-pyrrole nitrogens is 4. The van der Waals surface area contributed by atoms with E-state index >= 15 is 0 Å². The maximum atomic E-state index is 13.3. The summed E-state index contributed by atoms with van der Waals surface area (Å²) in [6.45, 7) is 35.7. The van der Waals surface area contributed by atoms with Gasteiger partial charge in [0.25, 0.3) is 28.2 Å². The lowest BCUT2D eigenvalue weighted by Gasteiger charge is -2.34. The second-order valence-electron chi connectivity index (χ2n) is 30.4. The third-order valence-electron chi connectivity index (χ3n) is 19.1. The number of rotatable bonds is 25. The molecule has 15 rings (SSSR count). The maximum Gasteiger partial charge on any atom is 0.418 e. The van der Waals surface area contributed by atoms with Gasteiger partial charge in [0.05, 0.1) is 21.4 Å². The third-order valence-corrected chi connectivity index (χ3v) is 26.0. The number of hydrogen-bond acceptors (Lipinski definition) is 31. The molecule has 1 aliphatic heterocycles. The summed E-state index contributed by atoms with van der Waals surface area (Å²) in [5.74, 6) is 2.87. The molecule has 0 aromatic carbocycles. The van der Waals surface area contributed by atoms with Crippen LogP contribution in [0.2, 0.25) is 10.0 Å². The van der Waals surface area contributed by atoms with E-state index in [1.165, 1.54) is 82.4 Å². The summed E-state index contributed by atoms with van der Waals surface area (Å²) in [6.07, 6.45) is 16.3. The van der Waals surface area contributed by atoms with Crippen LogP contribution in [0.25, 0.3) is 0 Å². The first-order chi connectivity index (χ1) is 64.3. The molecule has 15 heterocycles. The lowest BCUT2D eigenvalue weighted by Crippen LogP contribution is -2.46. The first-order valence-corrected chi connectivity index (χ1v) is 49.8. The number of likely N-dealkylation sites (N-methyl/N-ethyl adjacent to an activating group) is 1. The number of aromatic nitrogens is 22. The third kappa shape index (κ3) is 39.9. The van der Waals surface area contributed by atoms with E-state index in [9.17, 15) is 41.1 Å². The van der Waals surface area contributed by atoms with Crippen molar-refractivity contribution in [3.63, 3.8) is 0 Å². The number of aromatic amines is 4. The molecule has 1 aliphatic rings. The molecule has 1 fully saturated rings. The average Bonchev–Trinajstić information content (AvgIpc) is 0.828. The van der Waals surface area contributed by atoms with Crippen molar-refractivity contribution in [2.45, 2.75) is 206 Å². The molecule has 0 bridgehead atoms. The maximum absolute atomic E-state index is 13.3. The Labute approximate surface area is 843 Å². The van der Waals surface area contributed by atoms with Crippen LogP contribution in [-0.4, -0.2) is 147 Å². The zero-order chi connectivity index (χ0) is 97.9. The van der Waals surface area contributed by atoms with E-state index in [1.54, 1.807) is 80.0 Å². The van der Waals surface area contributed by atoms with Crippen molar-refractivity contribution in [3.05, 3.63) is 334 Å². The summed E-state index contributed by atoms with van der Waals surface area (Å²) in [5.41, 5.74) is 16.8. The first-order valence-electron chi connectivity index (χ1n) is 42.1. The van der Waals surface area contributed by atoms with Crippen molar-refractivity contribution in [2.24, 2.45) is 0 Å². The van der Waals surface area contributed by atoms with Gasteiger partial charge in [0, 0.05) is 223 Å². The molecule has 14 aromatic rings. The molecule has 28 nitrogen and oxygen atoms in total. The van der Waals surface area contributed by atoms with Gasteiger partial charge in [-0.3, -0.25) is 44.1 Å². The Morgan fingerprint density at radius 3 is 1.25 bits per heavy atom. The van der Waals surface area contributed by atoms with Gasteiger partial charge in [-0.05, 0) is 201 Å². The number of alkyl halides is 5. The van der Waals surface area contributed by atoms with Crippen molar-refractivity contribution >= 4 is 136 Å². The molecule has 1 saturated heterocycles. The number of nitrogens with zero attached hydrogens (tertiary/aromatic N) is 20. The highest BCUT2D eigenvalue weighted by molar-refractivity contribution is 7.99. The van der Waals surface area contributed by atoms with Gasteiger partial charge in [-0.2, -0.15) is 22.0 Å². The number of halogens is 9. The van der Waals surface area contributed by atoms with Gasteiger partial charge in [-0.15, -0.1) is 24.8 Å². The fourth-order valence-corrected chi connectivity index (χ4v) is 19.6. The molecule has 0 atom stereocenters. The SMILES string of the molecule is CCN1CCN(c2ccc(CSc3nc(C)cc(=O)[nH]3)cn2)CC1.CCc1cncc(CSc2nc(C)cc(C)n2)c1.Cc1cc(=O)[nH]c(SCc2ccncc2C(F)(F)F)n1.Cc1cc(=O)[nH]c(SCc2ncccn2)n1.Cc1cc(C)nc(SCc2c(C)ccnc2C)n1.Cc1cc(C)nc(SCc2c(C)cncc2Cl)n1.Cc1cncc(Cl)c1CSc1nc(C(C)(F)F)cc(=O)[nH]1.Cl.Cl. The number of hydrogen-bond donors (Lipinski definition) is 4. The second kappa shape index (κ2) is 56.7. The minimum atomic E-state index is -4.45. The zero-order valence-electron chi connectivity index (χ0n) is 78.0. The largest absolute Gasteiger partial charge is 0.418 e. The number of nitrogens with one attached hydrogen (secondary N) is 4. The monoisotopic (exact) mass is 2080 g/mol. The topological polar surface area (TPSA) is 370 Å². The summed E-state index contributed by atoms with van der Waals surface area (Å²) in [6, 6.07) is 22.5. The fourth-order valence-electron chi connectivity index (χ4n) is 12.3. The highest BCUT2D eigenvalue weighted by Gasteiger charge is 2.34. The Kier molecular flexibility index (Phi) is 47.1. The zero-order valence-corrected chi connectivity index (χ0v) is 86.9. The number of pyridine rings is 6. The molecule has 4 N–H and O–H groups in total. The van der Waals surface area contributed by atoms with Crippen LogP contribution in [0, 0.1) is 90.0 Å². The molecule has 0 unspecified atom stereocenters. The Bertz CT molecular complexity index is 6270. The molecule has 14 aromatic heterocycles. The van der Waals surface area contributed by atoms with Gasteiger partial charge in [-0.1, -0.05) is 132 Å². The molecule has 137 heavy (non-hydrogen) atoms. The molecule has 0 saturated carbocycles. The summed E-state index contributed by atoms with van der Waals surface area (Å²) in [4.78, 5) is 136. The first kappa shape index (κ1) is 114. The van der Waals surface area contributed by atoms with Gasteiger partial charge < -0.3 is 29.7 Å². The van der Waals surface area contributed by atoms with Gasteiger partial charge in [0.2, 0.25) is 0 Å². The molecule has 0 spiro atoms. The van der Waals surface area contributed by atoms with E-state index in [-0.39, 0.29) is 58.0 Å². The summed E-state index contributed by atoms with van der Waals surface area (Å²) in [5, 5.41) is 5.33. The van der Waals surface area contributed by atoms with Crippen molar-refractivity contribution in [3.8, 4) is 0 Å². The van der Waals surface area contributed by atoms with Crippen molar-refractivity contribution in [2.75, 3.05) is 37.6 Å². The molecule has 44 heteroatoms. The predicted molar refractivity (Wildman–Crippen MR) is 544 cm³/mol. The van der Waals surface area contributed by atoms with Gasteiger partial charge in [0.1, 0.15) is 17.3 Å². The molecular formula is C93H105Cl4F5N24O4S7. The van der Waals surface area contributed by atoms with Gasteiger partial charge in [-0.25, -0.2) is 64.8 Å². The average molecular weight is 2080 g/mol. The van der Waals surface area contributed by atoms with Crippen molar-refractivity contribution in [1.29, 1.82) is 0 Å². The van der Waals surface area contributed by atoms with Crippen LogP contribution in [0.4, 0.5) is 27.8 Å². The van der Waals surface area contributed by atoms with Crippen LogP contribution < -0.4 is 27.1 Å². The summed E-state index contributed by atoms with van der Waals surface area (Å²) >= 11 is 22.2. The Morgan fingerprint density at radius 1 is 0.380 bits per heavy atom. The van der Waals surface area contributed by atoms with Crippen molar-refractivity contribution < 1.29 is 22.0 Å². The van der Waals surface area contributed by atoms with E-state index in [2.05, 4.69) is 158 Å². The van der Waals surface area contributed by atoms with E-state index in [1.807, 2.05) is 124 Å². The Morgan fingerprint density at radius 2 is 0.803 bits per heavy atom. The normalized spacial score (nSPS) is 11.6. The molecule has 0 radical (unpaired) electrons. The highest BCUT2D eigenvalue weighted by Crippen LogP contribution is 2.35.